The molecule has 5 aliphatic heterocycles. The molecule has 0 aliphatic carbocycles. The van der Waals surface area contributed by atoms with Gasteiger partial charge in [0.05, 0.1) is 111 Å². The number of unbranched alkanes of at least 4 members (excludes halogenated alkanes) is 7. The number of epoxide rings is 1. The number of fused-ring (bicyclic) bond motifs is 3. The molecule has 5 aliphatic rings. The number of ether oxygens (including phenoxy) is 9. The number of hydrogen-bond donors (Lipinski definition) is 18. The minimum Gasteiger partial charge on any atom is -0.459 e. The normalized spacial score (nSPS) is 39.9. The quantitative estimate of drug-likeness (QED) is 0.0242. The Labute approximate surface area is 637 Å². The number of hydrogen-bond acceptors (Lipinski definition) is 30. The van der Waals surface area contributed by atoms with Crippen molar-refractivity contribution >= 4 is 17.7 Å². The van der Waals surface area contributed by atoms with Crippen molar-refractivity contribution in [3.63, 3.8) is 0 Å². The van der Waals surface area contributed by atoms with E-state index in [-0.39, 0.29) is 89.9 Å². The molecule has 0 amide bonds. The van der Waals surface area contributed by atoms with Gasteiger partial charge in [-0.1, -0.05) is 112 Å². The SMILES string of the molecule is CCCCCCCCC/C=C/C(O)CC(O)CC(=O)OC1CC(OC(CC)C(C)C(O)C(C)C(O)C(C)C2OC(=O)C=CC(C)C(O)CC(O)CCCC(O)CCC(C)C(OC3OC(CO)C(O)C(O)C3O)C(=O)C3(O)OC(CC(O)CC(O)CC(O)CCCC(O)C4OC4C2C)CC(O)C3O)OC(C)C1OC. The number of rotatable bonds is 27. The number of ketones is 1. The van der Waals surface area contributed by atoms with E-state index >= 15 is 0 Å². The van der Waals surface area contributed by atoms with Gasteiger partial charge in [0.2, 0.25) is 5.78 Å². The van der Waals surface area contributed by atoms with Crippen molar-refractivity contribution in [2.75, 3.05) is 13.7 Å². The maximum atomic E-state index is 14.6. The zero-order valence-corrected chi connectivity index (χ0v) is 65.3. The number of Topliss-reactive ketones (excluding diaryl/α,β-unsaturated/α-hetero) is 1. The number of aliphatic hydroxyl groups excluding tert-OH is 17. The molecule has 35 unspecified atom stereocenters. The second-order valence-corrected chi connectivity index (χ2v) is 32.0. The summed E-state index contributed by atoms with van der Waals surface area (Å²) >= 11 is 0. The fourth-order valence-electron chi connectivity index (χ4n) is 15.8. The molecule has 0 aromatic rings. The summed E-state index contributed by atoms with van der Waals surface area (Å²) in [6.07, 6.45) is -22.1. The van der Waals surface area contributed by atoms with Crippen LogP contribution >= 0.6 is 0 Å². The molecule has 4 fully saturated rings. The molecule has 0 aromatic carbocycles. The Morgan fingerprint density at radius 2 is 1.30 bits per heavy atom. The number of aliphatic hydroxyl groups is 18. The molecule has 18 N–H and O–H groups in total. The number of carbonyl (C=O) groups is 3. The highest BCUT2D eigenvalue weighted by molar-refractivity contribution is 5.91. The number of cyclic esters (lactones) is 1. The van der Waals surface area contributed by atoms with Crippen molar-refractivity contribution in [1.82, 2.24) is 0 Å². The Hall–Kier alpha value is -2.91. The molecule has 35 atom stereocenters. The van der Waals surface area contributed by atoms with E-state index < -0.39 is 250 Å². The van der Waals surface area contributed by atoms with E-state index in [1.165, 1.54) is 52.2 Å². The van der Waals surface area contributed by atoms with Crippen LogP contribution in [0, 0.1) is 35.5 Å². The number of allylic oxidation sites excluding steroid dienone is 1. The fourth-order valence-corrected chi connectivity index (χ4v) is 15.8. The van der Waals surface area contributed by atoms with Crippen LogP contribution < -0.4 is 0 Å². The molecule has 0 aromatic heterocycles. The maximum absolute atomic E-state index is 14.6. The first-order valence-electron chi connectivity index (χ1n) is 40.0. The summed E-state index contributed by atoms with van der Waals surface area (Å²) in [5.74, 6) is -11.2. The van der Waals surface area contributed by atoms with E-state index in [9.17, 15) is 106 Å². The van der Waals surface area contributed by atoms with Crippen LogP contribution in [0.3, 0.4) is 0 Å². The molecule has 108 heavy (non-hydrogen) atoms. The van der Waals surface area contributed by atoms with Crippen LogP contribution in [-0.2, 0) is 57.0 Å². The van der Waals surface area contributed by atoms with E-state index in [1.54, 1.807) is 47.6 Å². The lowest BCUT2D eigenvalue weighted by Gasteiger charge is -2.46. The van der Waals surface area contributed by atoms with Crippen LogP contribution in [0.4, 0.5) is 0 Å². The van der Waals surface area contributed by atoms with Gasteiger partial charge in [-0.2, -0.15) is 0 Å². The first kappa shape index (κ1) is 95.7. The summed E-state index contributed by atoms with van der Waals surface area (Å²) in [7, 11) is 1.46. The number of carbonyl (C=O) groups excluding carboxylic acids is 3. The molecule has 5 heterocycles. The first-order chi connectivity index (χ1) is 51.0. The molecular formula is C78H138O30. The fraction of sp³-hybridized carbons (Fsp3) is 0.910. The minimum absolute atomic E-state index is 0.0378. The summed E-state index contributed by atoms with van der Waals surface area (Å²) in [6, 6.07) is 0. The smallest absolute Gasteiger partial charge is 0.330 e. The summed E-state index contributed by atoms with van der Waals surface area (Å²) in [6.45, 7) is 14.8. The second-order valence-electron chi connectivity index (χ2n) is 32.0. The van der Waals surface area contributed by atoms with Crippen LogP contribution in [0.15, 0.2) is 24.3 Å². The lowest BCUT2D eigenvalue weighted by Crippen LogP contribution is -2.66. The third-order valence-corrected chi connectivity index (χ3v) is 22.9. The summed E-state index contributed by atoms with van der Waals surface area (Å²) in [5, 5.41) is 200. The van der Waals surface area contributed by atoms with Gasteiger partial charge in [0.15, 0.2) is 12.6 Å². The molecule has 0 saturated carbocycles. The zero-order chi connectivity index (χ0) is 80.4. The molecule has 0 spiro atoms. The number of methoxy groups -OCH3 is 1. The van der Waals surface area contributed by atoms with Gasteiger partial charge in [-0.05, 0) is 109 Å². The van der Waals surface area contributed by atoms with Crippen molar-refractivity contribution in [2.45, 2.75) is 400 Å². The second kappa shape index (κ2) is 47.2. The van der Waals surface area contributed by atoms with Gasteiger partial charge in [0, 0.05) is 62.0 Å². The van der Waals surface area contributed by atoms with Crippen LogP contribution in [0.1, 0.15) is 223 Å². The minimum atomic E-state index is -3.27. The molecule has 30 heteroatoms. The summed E-state index contributed by atoms with van der Waals surface area (Å²) in [5.41, 5.74) is 0. The van der Waals surface area contributed by atoms with E-state index in [2.05, 4.69) is 6.92 Å². The van der Waals surface area contributed by atoms with E-state index in [1.807, 2.05) is 13.0 Å². The lowest BCUT2D eigenvalue weighted by molar-refractivity contribution is -0.328. The van der Waals surface area contributed by atoms with Gasteiger partial charge in [0.25, 0.3) is 5.79 Å². The molecular weight excluding hydrogens is 1420 g/mol. The molecule has 0 radical (unpaired) electrons. The van der Waals surface area contributed by atoms with Crippen molar-refractivity contribution < 1.29 is 149 Å². The average molecular weight is 1560 g/mol. The van der Waals surface area contributed by atoms with Gasteiger partial charge in [-0.25, -0.2) is 4.79 Å². The Bertz CT molecular complexity index is 2610. The first-order valence-corrected chi connectivity index (χ1v) is 40.0. The van der Waals surface area contributed by atoms with Crippen LogP contribution in [0.25, 0.3) is 0 Å². The maximum Gasteiger partial charge on any atom is 0.330 e. The molecule has 30 nitrogen and oxygen atoms in total. The van der Waals surface area contributed by atoms with Gasteiger partial charge < -0.3 is 135 Å². The van der Waals surface area contributed by atoms with Crippen molar-refractivity contribution in [2.24, 2.45) is 35.5 Å². The topological polar surface area (TPSA) is 502 Å². The highest BCUT2D eigenvalue weighted by Crippen LogP contribution is 2.42. The molecule has 5 rings (SSSR count). The van der Waals surface area contributed by atoms with Crippen molar-refractivity contribution in [3.8, 4) is 0 Å². The van der Waals surface area contributed by atoms with Gasteiger partial charge in [-0.3, -0.25) is 9.59 Å². The van der Waals surface area contributed by atoms with Crippen LogP contribution in [0.2, 0.25) is 0 Å². The zero-order valence-electron chi connectivity index (χ0n) is 65.3. The van der Waals surface area contributed by atoms with Gasteiger partial charge in [0.1, 0.15) is 61.0 Å². The van der Waals surface area contributed by atoms with Crippen LogP contribution in [-0.4, -0.2) is 300 Å². The summed E-state index contributed by atoms with van der Waals surface area (Å²) in [4.78, 5) is 41.9. The van der Waals surface area contributed by atoms with E-state index in [0.29, 0.717) is 6.42 Å². The monoisotopic (exact) mass is 1550 g/mol. The Morgan fingerprint density at radius 3 is 1.95 bits per heavy atom. The molecule has 630 valence electrons. The van der Waals surface area contributed by atoms with E-state index in [4.69, 9.17) is 42.6 Å². The van der Waals surface area contributed by atoms with E-state index in [0.717, 1.165) is 25.3 Å². The third kappa shape index (κ3) is 29.4. The highest BCUT2D eigenvalue weighted by Gasteiger charge is 2.58. The van der Waals surface area contributed by atoms with Crippen LogP contribution in [0.5, 0.6) is 0 Å². The van der Waals surface area contributed by atoms with Gasteiger partial charge >= 0.3 is 11.9 Å². The predicted octanol–water partition coefficient (Wildman–Crippen LogP) is 1.99. The highest BCUT2D eigenvalue weighted by atomic mass is 16.7. The lowest BCUT2D eigenvalue weighted by atomic mass is 9.77. The average Bonchev–Trinajstić information content (AvgIpc) is 0.865. The Kier molecular flexibility index (Phi) is 41.8. The Balaban J connectivity index is 1.27. The van der Waals surface area contributed by atoms with Gasteiger partial charge in [-0.15, -0.1) is 0 Å². The largest absolute Gasteiger partial charge is 0.459 e. The standard InChI is InChI=1S/C78H138O30/c1-11-13-14-15-16-17-18-19-20-23-49(81)33-54(86)37-63(91)102-60-39-64(101-47(9)73(60)100-10)103-59(12-2)43(5)65(92)44(6)66(93)45(7)71-46(8)72-74(106-72)56(87)27-22-26-50(82)32-52(84)34-53(85)35-55-38-58(89)75(97)78(99,108-55)76(98)70(107-77-69(96)68(95)67(94)61(40-79)104-77)42(4)28-30-48(80)24-21-25-51(83)36-57(88)41(3)29-31-62(90)105-71/h20,23,29,31,41-61,64-75,77,79-89,92-97,99H,11-19,21-22,24-28,30,32-40H2,1-10H3/b23-20+,31-29?. The Morgan fingerprint density at radius 1 is 0.667 bits per heavy atom. The van der Waals surface area contributed by atoms with Crippen molar-refractivity contribution in [3.05, 3.63) is 24.3 Å². The van der Waals surface area contributed by atoms with Crippen molar-refractivity contribution in [1.29, 1.82) is 0 Å². The third-order valence-electron chi connectivity index (χ3n) is 22.9. The molecule has 2 bridgehead atoms. The summed E-state index contributed by atoms with van der Waals surface area (Å²) < 4.78 is 53.9. The molecule has 4 saturated heterocycles. The predicted molar refractivity (Wildman–Crippen MR) is 390 cm³/mol. The number of esters is 2.